The van der Waals surface area contributed by atoms with Gasteiger partial charge in [-0.15, -0.1) is 0 Å². The summed E-state index contributed by atoms with van der Waals surface area (Å²) in [6.45, 7) is 2.95. The van der Waals surface area contributed by atoms with Gasteiger partial charge in [-0.25, -0.2) is 4.98 Å². The number of pyridine rings is 1. The van der Waals surface area contributed by atoms with Gasteiger partial charge < -0.3 is 24.4 Å². The molecule has 1 aromatic heterocycles. The fraction of sp³-hybridized carbons (Fsp3) is 0.280. The van der Waals surface area contributed by atoms with Gasteiger partial charge in [-0.1, -0.05) is 17.9 Å². The predicted molar refractivity (Wildman–Crippen MR) is 120 cm³/mol. The standard InChI is InChI=1S/C25H25NO6/c1-25(2,29)11-10-17-15(14-27)6-8-19-18(17)7-9-20(26-19)23(28)16-12-21(30-3)24(32-5)22(13-16)31-4/h6-9,12-13,27,29H,14H2,1-5H3. The Morgan fingerprint density at radius 1 is 1.03 bits per heavy atom. The molecule has 0 aliphatic carbocycles. The summed E-state index contributed by atoms with van der Waals surface area (Å²) in [4.78, 5) is 17.7. The molecule has 32 heavy (non-hydrogen) atoms. The Hall–Kier alpha value is -3.60. The summed E-state index contributed by atoms with van der Waals surface area (Å²) < 4.78 is 16.0. The maximum Gasteiger partial charge on any atom is 0.211 e. The van der Waals surface area contributed by atoms with Crippen LogP contribution in [0.2, 0.25) is 0 Å². The third-order valence-corrected chi connectivity index (χ3v) is 4.78. The lowest BCUT2D eigenvalue weighted by Gasteiger charge is -2.14. The van der Waals surface area contributed by atoms with Crippen molar-refractivity contribution in [1.82, 2.24) is 4.98 Å². The Balaban J connectivity index is 2.11. The van der Waals surface area contributed by atoms with Crippen molar-refractivity contribution < 1.29 is 29.2 Å². The minimum absolute atomic E-state index is 0.210. The van der Waals surface area contributed by atoms with Crippen molar-refractivity contribution in [2.45, 2.75) is 26.1 Å². The van der Waals surface area contributed by atoms with Gasteiger partial charge in [0.05, 0.1) is 33.5 Å². The highest BCUT2D eigenvalue weighted by Crippen LogP contribution is 2.38. The number of aliphatic hydroxyl groups excluding tert-OH is 1. The predicted octanol–water partition coefficient (Wildman–Crippen LogP) is 3.11. The molecular weight excluding hydrogens is 410 g/mol. The van der Waals surface area contributed by atoms with Gasteiger partial charge in [0.25, 0.3) is 0 Å². The van der Waals surface area contributed by atoms with E-state index in [2.05, 4.69) is 16.8 Å². The Morgan fingerprint density at radius 2 is 1.69 bits per heavy atom. The first-order valence-electron chi connectivity index (χ1n) is 9.86. The first kappa shape index (κ1) is 23.1. The number of carbonyl (C=O) groups is 1. The van der Waals surface area contributed by atoms with E-state index in [1.165, 1.54) is 21.3 Å². The summed E-state index contributed by atoms with van der Waals surface area (Å²) >= 11 is 0. The maximum atomic E-state index is 13.2. The molecule has 0 aliphatic rings. The van der Waals surface area contributed by atoms with Gasteiger partial charge in [0.15, 0.2) is 11.5 Å². The number of fused-ring (bicyclic) bond motifs is 1. The zero-order valence-corrected chi connectivity index (χ0v) is 18.6. The van der Waals surface area contributed by atoms with Crippen molar-refractivity contribution in [3.05, 3.63) is 58.8 Å². The normalized spacial score (nSPS) is 11.0. The Kier molecular flexibility index (Phi) is 6.68. The van der Waals surface area contributed by atoms with Crippen molar-refractivity contribution in [2.75, 3.05) is 21.3 Å². The van der Waals surface area contributed by atoms with Crippen LogP contribution in [0, 0.1) is 11.8 Å². The van der Waals surface area contributed by atoms with Crippen molar-refractivity contribution in [3.8, 4) is 29.1 Å². The van der Waals surface area contributed by atoms with Crippen molar-refractivity contribution in [1.29, 1.82) is 0 Å². The first-order chi connectivity index (χ1) is 15.2. The molecule has 0 spiro atoms. The average molecular weight is 435 g/mol. The summed E-state index contributed by atoms with van der Waals surface area (Å²) in [5, 5.41) is 20.3. The zero-order valence-electron chi connectivity index (χ0n) is 18.6. The van der Waals surface area contributed by atoms with E-state index in [1.807, 2.05) is 0 Å². The van der Waals surface area contributed by atoms with E-state index in [1.54, 1.807) is 50.2 Å². The number of carbonyl (C=O) groups excluding carboxylic acids is 1. The lowest BCUT2D eigenvalue weighted by atomic mass is 9.99. The van der Waals surface area contributed by atoms with E-state index >= 15 is 0 Å². The van der Waals surface area contributed by atoms with Crippen LogP contribution in [0.3, 0.4) is 0 Å². The molecule has 166 valence electrons. The van der Waals surface area contributed by atoms with E-state index < -0.39 is 5.60 Å². The zero-order chi connectivity index (χ0) is 23.5. The third kappa shape index (κ3) is 4.67. The van der Waals surface area contributed by atoms with Crippen LogP contribution in [0.25, 0.3) is 10.9 Å². The topological polar surface area (TPSA) is 98.1 Å². The van der Waals surface area contributed by atoms with E-state index in [0.717, 1.165) is 0 Å². The van der Waals surface area contributed by atoms with Crippen LogP contribution in [0.4, 0.5) is 0 Å². The number of aromatic nitrogens is 1. The van der Waals surface area contributed by atoms with Gasteiger partial charge in [0, 0.05) is 16.5 Å². The number of ketones is 1. The van der Waals surface area contributed by atoms with E-state index in [0.29, 0.717) is 44.8 Å². The molecule has 0 saturated heterocycles. The molecule has 0 atom stereocenters. The molecule has 0 bridgehead atoms. The largest absolute Gasteiger partial charge is 0.493 e. The number of benzene rings is 2. The molecule has 7 nitrogen and oxygen atoms in total. The molecule has 3 rings (SSSR count). The monoisotopic (exact) mass is 435 g/mol. The van der Waals surface area contributed by atoms with Crippen LogP contribution in [0.1, 0.15) is 41.0 Å². The highest BCUT2D eigenvalue weighted by Gasteiger charge is 2.19. The Morgan fingerprint density at radius 3 is 2.22 bits per heavy atom. The fourth-order valence-corrected chi connectivity index (χ4v) is 3.23. The number of hydrogen-bond donors (Lipinski definition) is 2. The van der Waals surface area contributed by atoms with Gasteiger partial charge in [0.2, 0.25) is 11.5 Å². The maximum absolute atomic E-state index is 13.2. The highest BCUT2D eigenvalue weighted by atomic mass is 16.5. The van der Waals surface area contributed by atoms with Gasteiger partial charge in [-0.05, 0) is 49.7 Å². The molecule has 2 N–H and O–H groups in total. The van der Waals surface area contributed by atoms with Crippen molar-refractivity contribution >= 4 is 16.7 Å². The van der Waals surface area contributed by atoms with Gasteiger partial charge in [0.1, 0.15) is 11.3 Å². The molecule has 3 aromatic rings. The smallest absolute Gasteiger partial charge is 0.211 e. The molecule has 2 aromatic carbocycles. The van der Waals surface area contributed by atoms with Gasteiger partial charge in [-0.3, -0.25) is 4.79 Å². The summed E-state index contributed by atoms with van der Waals surface area (Å²) in [6, 6.07) is 9.92. The van der Waals surface area contributed by atoms with Crippen LogP contribution in [-0.2, 0) is 6.61 Å². The number of aliphatic hydroxyl groups is 2. The summed E-state index contributed by atoms with van der Waals surface area (Å²) in [5.41, 5.74) is 1.09. The van der Waals surface area contributed by atoms with E-state index in [4.69, 9.17) is 14.2 Å². The molecule has 0 saturated carbocycles. The highest BCUT2D eigenvalue weighted by molar-refractivity contribution is 6.09. The third-order valence-electron chi connectivity index (χ3n) is 4.78. The van der Waals surface area contributed by atoms with Crippen molar-refractivity contribution in [2.24, 2.45) is 0 Å². The van der Waals surface area contributed by atoms with Crippen LogP contribution >= 0.6 is 0 Å². The molecule has 7 heteroatoms. The first-order valence-corrected chi connectivity index (χ1v) is 9.86. The molecule has 0 radical (unpaired) electrons. The number of rotatable bonds is 6. The minimum Gasteiger partial charge on any atom is -0.493 e. The molecule has 0 fully saturated rings. The lowest BCUT2D eigenvalue weighted by Crippen LogP contribution is -2.14. The average Bonchev–Trinajstić information content (AvgIpc) is 2.79. The second kappa shape index (κ2) is 9.27. The molecule has 1 heterocycles. The number of nitrogens with zero attached hydrogens (tertiary/aromatic N) is 1. The Bertz CT molecular complexity index is 1210. The second-order valence-corrected chi connectivity index (χ2v) is 7.57. The van der Waals surface area contributed by atoms with E-state index in [9.17, 15) is 15.0 Å². The molecule has 0 aliphatic heterocycles. The van der Waals surface area contributed by atoms with Gasteiger partial charge in [-0.2, -0.15) is 0 Å². The summed E-state index contributed by atoms with van der Waals surface area (Å²) in [7, 11) is 4.45. The van der Waals surface area contributed by atoms with Crippen LogP contribution in [0.15, 0.2) is 36.4 Å². The van der Waals surface area contributed by atoms with Crippen LogP contribution < -0.4 is 14.2 Å². The van der Waals surface area contributed by atoms with Crippen LogP contribution in [0.5, 0.6) is 17.2 Å². The second-order valence-electron chi connectivity index (χ2n) is 7.57. The van der Waals surface area contributed by atoms with Crippen molar-refractivity contribution in [3.63, 3.8) is 0 Å². The quantitative estimate of drug-likeness (QED) is 0.453. The lowest BCUT2D eigenvalue weighted by molar-refractivity contribution is 0.103. The molecule has 0 amide bonds. The summed E-state index contributed by atoms with van der Waals surface area (Å²) in [6.07, 6.45) is 0. The van der Waals surface area contributed by atoms with Gasteiger partial charge >= 0.3 is 0 Å². The SMILES string of the molecule is COc1cc(C(=O)c2ccc3c(C#CC(C)(C)O)c(CO)ccc3n2)cc(OC)c1OC. The molecule has 0 unspecified atom stereocenters. The number of methoxy groups -OCH3 is 3. The Labute approximate surface area is 186 Å². The number of ether oxygens (including phenoxy) is 3. The summed E-state index contributed by atoms with van der Waals surface area (Å²) in [5.74, 6) is 6.51. The molecular formula is C25H25NO6. The van der Waals surface area contributed by atoms with Crippen LogP contribution in [-0.4, -0.2) is 47.9 Å². The fourth-order valence-electron chi connectivity index (χ4n) is 3.23. The minimum atomic E-state index is -1.19. The van der Waals surface area contributed by atoms with E-state index in [-0.39, 0.29) is 18.1 Å². The number of hydrogen-bond acceptors (Lipinski definition) is 7.